The second-order valence-corrected chi connectivity index (χ2v) is 5.02. The van der Waals surface area contributed by atoms with Gasteiger partial charge in [0, 0.05) is 11.6 Å². The molecular weight excluding hydrogens is 313 g/mol. The maximum Gasteiger partial charge on any atom is 0.269 e. The van der Waals surface area contributed by atoms with Crippen molar-refractivity contribution in [1.82, 2.24) is 9.99 Å². The predicted octanol–water partition coefficient (Wildman–Crippen LogP) is 2.10. The molecule has 1 heterocycles. The highest BCUT2D eigenvalue weighted by Crippen LogP contribution is 2.22. The van der Waals surface area contributed by atoms with Crippen LogP contribution in [0.15, 0.2) is 54.7 Å². The minimum absolute atomic E-state index is 0.0118. The molecule has 0 atom stereocenters. The van der Waals surface area contributed by atoms with Crippen LogP contribution in [0.3, 0.4) is 0 Å². The second-order valence-electron chi connectivity index (χ2n) is 5.02. The first kappa shape index (κ1) is 15.7. The molecule has 0 radical (unpaired) electrons. The largest absolute Gasteiger partial charge is 0.481 e. The Morgan fingerprint density at radius 2 is 1.83 bits per heavy atom. The molecule has 24 heavy (non-hydrogen) atoms. The summed E-state index contributed by atoms with van der Waals surface area (Å²) in [6.07, 6.45) is 1.39. The number of nitrogens with two attached hydrogens (primary N) is 1. The van der Waals surface area contributed by atoms with Gasteiger partial charge in [-0.05, 0) is 18.2 Å². The third-order valence-corrected chi connectivity index (χ3v) is 3.54. The van der Waals surface area contributed by atoms with E-state index < -0.39 is 17.6 Å². The van der Waals surface area contributed by atoms with Gasteiger partial charge in [0.05, 0.1) is 11.1 Å². The third-order valence-electron chi connectivity index (χ3n) is 3.54. The van der Waals surface area contributed by atoms with E-state index in [2.05, 4.69) is 0 Å². The number of para-hydroxylation sites is 2. The Morgan fingerprint density at radius 3 is 2.58 bits per heavy atom. The van der Waals surface area contributed by atoms with E-state index in [9.17, 15) is 14.0 Å². The van der Waals surface area contributed by atoms with Crippen molar-refractivity contribution in [3.8, 4) is 5.75 Å². The van der Waals surface area contributed by atoms with Crippen molar-refractivity contribution in [1.29, 1.82) is 0 Å². The van der Waals surface area contributed by atoms with Gasteiger partial charge >= 0.3 is 0 Å². The highest BCUT2D eigenvalue weighted by atomic mass is 19.1. The number of fused-ring (bicyclic) bond motifs is 1. The molecule has 3 rings (SSSR count). The zero-order valence-electron chi connectivity index (χ0n) is 12.5. The van der Waals surface area contributed by atoms with Gasteiger partial charge in [0.25, 0.3) is 11.8 Å². The first-order chi connectivity index (χ1) is 11.6. The number of benzene rings is 2. The Hall–Kier alpha value is -3.19. The van der Waals surface area contributed by atoms with E-state index in [4.69, 9.17) is 10.6 Å². The van der Waals surface area contributed by atoms with Gasteiger partial charge in [-0.15, -0.1) is 0 Å². The number of ether oxygens (including phenoxy) is 1. The van der Waals surface area contributed by atoms with Crippen molar-refractivity contribution < 1.29 is 18.7 Å². The molecule has 0 aliphatic rings. The summed E-state index contributed by atoms with van der Waals surface area (Å²) >= 11 is 0. The fourth-order valence-corrected chi connectivity index (χ4v) is 2.42. The van der Waals surface area contributed by atoms with Gasteiger partial charge in [0.2, 0.25) is 0 Å². The number of nitrogen functional groups attached to an aromatic ring is 1. The van der Waals surface area contributed by atoms with Crippen LogP contribution in [0.4, 0.5) is 4.39 Å². The number of nitrogens with zero attached hydrogens (tertiary/aromatic N) is 1. The molecule has 6 nitrogen and oxygen atoms in total. The van der Waals surface area contributed by atoms with E-state index in [1.807, 2.05) is 5.43 Å². The number of hydrazine groups is 1. The molecule has 0 aliphatic carbocycles. The zero-order chi connectivity index (χ0) is 17.1. The molecule has 0 saturated heterocycles. The molecule has 0 unspecified atom stereocenters. The minimum Gasteiger partial charge on any atom is -0.481 e. The number of carbonyl (C=O) groups is 2. The molecule has 1 amide bonds. The fourth-order valence-electron chi connectivity index (χ4n) is 2.42. The summed E-state index contributed by atoms with van der Waals surface area (Å²) in [6, 6.07) is 12.7. The van der Waals surface area contributed by atoms with Crippen LogP contribution in [0.1, 0.15) is 15.2 Å². The van der Waals surface area contributed by atoms with Gasteiger partial charge in [-0.2, -0.15) is 0 Å². The standard InChI is InChI=1S/C17H14FN3O3/c18-13-6-2-4-8-15(13)24-10-16(22)21-9-12(17(23)20-19)11-5-1-3-7-14(11)21/h1-9H,10,19H2,(H,20,23). The number of aromatic nitrogens is 1. The van der Waals surface area contributed by atoms with Crippen LogP contribution in [0.5, 0.6) is 5.75 Å². The van der Waals surface area contributed by atoms with Crippen molar-refractivity contribution in [2.45, 2.75) is 0 Å². The molecule has 0 bridgehead atoms. The Bertz CT molecular complexity index is 920. The van der Waals surface area contributed by atoms with Crippen LogP contribution in [0, 0.1) is 5.82 Å². The average molecular weight is 327 g/mol. The number of rotatable bonds is 4. The quantitative estimate of drug-likeness (QED) is 0.436. The van der Waals surface area contributed by atoms with Crippen molar-refractivity contribution in [2.24, 2.45) is 5.84 Å². The lowest BCUT2D eigenvalue weighted by Crippen LogP contribution is -2.29. The van der Waals surface area contributed by atoms with Crippen LogP contribution in [0.2, 0.25) is 0 Å². The molecule has 7 heteroatoms. The number of hydrogen-bond acceptors (Lipinski definition) is 4. The summed E-state index contributed by atoms with van der Waals surface area (Å²) in [4.78, 5) is 24.3. The molecule has 1 aromatic heterocycles. The summed E-state index contributed by atoms with van der Waals surface area (Å²) in [6.45, 7) is -0.372. The van der Waals surface area contributed by atoms with Crippen LogP contribution < -0.4 is 16.0 Å². The van der Waals surface area contributed by atoms with Gasteiger partial charge in [0.1, 0.15) is 0 Å². The Labute approximate surface area is 136 Å². The molecule has 122 valence electrons. The SMILES string of the molecule is NNC(=O)c1cn(C(=O)COc2ccccc2F)c2ccccc12. The molecular formula is C17H14FN3O3. The number of halogens is 1. The Morgan fingerprint density at radius 1 is 1.12 bits per heavy atom. The topological polar surface area (TPSA) is 86.4 Å². The van der Waals surface area contributed by atoms with Gasteiger partial charge in [-0.25, -0.2) is 10.2 Å². The van der Waals surface area contributed by atoms with E-state index in [0.29, 0.717) is 10.9 Å². The Kier molecular flexibility index (Phi) is 4.26. The lowest BCUT2D eigenvalue weighted by molar-refractivity contribution is 0.0840. The normalized spacial score (nSPS) is 10.6. The summed E-state index contributed by atoms with van der Waals surface area (Å²) in [5.41, 5.74) is 2.86. The van der Waals surface area contributed by atoms with Crippen molar-refractivity contribution in [2.75, 3.05) is 6.61 Å². The number of amides is 1. The molecule has 0 fully saturated rings. The lowest BCUT2D eigenvalue weighted by Gasteiger charge is -2.07. The molecule has 2 aromatic carbocycles. The van der Waals surface area contributed by atoms with Gasteiger partial charge in [-0.3, -0.25) is 19.6 Å². The van der Waals surface area contributed by atoms with Crippen LogP contribution in [-0.4, -0.2) is 23.0 Å². The minimum atomic E-state index is -0.550. The monoisotopic (exact) mass is 327 g/mol. The number of nitrogens with one attached hydrogen (secondary N) is 1. The molecule has 0 saturated carbocycles. The second kappa shape index (κ2) is 6.51. The fraction of sp³-hybridized carbons (Fsp3) is 0.0588. The van der Waals surface area contributed by atoms with Crippen molar-refractivity contribution in [3.05, 3.63) is 66.1 Å². The number of carbonyl (C=O) groups excluding carboxylic acids is 2. The molecule has 3 N–H and O–H groups in total. The molecule has 0 spiro atoms. The van der Waals surface area contributed by atoms with E-state index in [0.717, 1.165) is 0 Å². The van der Waals surface area contributed by atoms with Gasteiger partial charge in [-0.1, -0.05) is 30.3 Å². The van der Waals surface area contributed by atoms with Gasteiger partial charge in [0.15, 0.2) is 18.2 Å². The summed E-state index contributed by atoms with van der Waals surface area (Å²) in [5.74, 6) is 3.66. The van der Waals surface area contributed by atoms with E-state index in [1.165, 1.54) is 29.0 Å². The van der Waals surface area contributed by atoms with Crippen molar-refractivity contribution in [3.63, 3.8) is 0 Å². The van der Waals surface area contributed by atoms with Crippen molar-refractivity contribution >= 4 is 22.7 Å². The maximum atomic E-state index is 13.5. The predicted molar refractivity (Wildman–Crippen MR) is 86.1 cm³/mol. The highest BCUT2D eigenvalue weighted by Gasteiger charge is 2.18. The first-order valence-electron chi connectivity index (χ1n) is 7.13. The average Bonchev–Trinajstić information content (AvgIpc) is 3.00. The highest BCUT2D eigenvalue weighted by molar-refractivity contribution is 6.09. The molecule has 3 aromatic rings. The third kappa shape index (κ3) is 2.84. The summed E-state index contributed by atoms with van der Waals surface area (Å²) < 4.78 is 20.1. The smallest absolute Gasteiger partial charge is 0.269 e. The first-order valence-corrected chi connectivity index (χ1v) is 7.13. The van der Waals surface area contributed by atoms with Crippen LogP contribution in [-0.2, 0) is 0 Å². The van der Waals surface area contributed by atoms with Crippen LogP contribution in [0.25, 0.3) is 10.9 Å². The summed E-state index contributed by atoms with van der Waals surface area (Å²) in [7, 11) is 0. The van der Waals surface area contributed by atoms with Gasteiger partial charge < -0.3 is 4.74 Å². The van der Waals surface area contributed by atoms with E-state index in [-0.39, 0.29) is 17.9 Å². The van der Waals surface area contributed by atoms with Crippen LogP contribution >= 0.6 is 0 Å². The van der Waals surface area contributed by atoms with E-state index >= 15 is 0 Å². The van der Waals surface area contributed by atoms with E-state index in [1.54, 1.807) is 30.3 Å². The number of hydrogen-bond donors (Lipinski definition) is 2. The Balaban J connectivity index is 1.90. The lowest BCUT2D eigenvalue weighted by atomic mass is 10.2. The molecule has 0 aliphatic heterocycles. The zero-order valence-corrected chi connectivity index (χ0v) is 12.5. The summed E-state index contributed by atoms with van der Waals surface area (Å²) in [5, 5.41) is 0.583. The maximum absolute atomic E-state index is 13.5.